The summed E-state index contributed by atoms with van der Waals surface area (Å²) in [6.07, 6.45) is -1.11. The first-order valence-electron chi connectivity index (χ1n) is 10.4. The number of amidine groups is 1. The molecule has 0 bridgehead atoms. The first-order valence-corrected chi connectivity index (χ1v) is 10.4. The Labute approximate surface area is 183 Å². The first-order chi connectivity index (χ1) is 15.0. The number of carbonyl (C=O) groups excluding carboxylic acids is 2. The van der Waals surface area contributed by atoms with E-state index in [1.165, 1.54) is 4.90 Å². The van der Waals surface area contributed by atoms with Gasteiger partial charge in [-0.15, -0.1) is 0 Å². The third-order valence-corrected chi connectivity index (χ3v) is 6.97. The van der Waals surface area contributed by atoms with Crippen molar-refractivity contribution < 1.29 is 32.2 Å². The van der Waals surface area contributed by atoms with Gasteiger partial charge in [0.2, 0.25) is 5.91 Å². The number of nitrogens with zero attached hydrogens (tertiary/aromatic N) is 2. The molecule has 4 rings (SSSR count). The van der Waals surface area contributed by atoms with E-state index in [1.54, 1.807) is 30.9 Å². The first kappa shape index (κ1) is 22.3. The van der Waals surface area contributed by atoms with Gasteiger partial charge in [-0.2, -0.15) is 13.2 Å². The molecule has 2 fully saturated rings. The van der Waals surface area contributed by atoms with E-state index < -0.39 is 48.1 Å². The molecule has 174 valence electrons. The summed E-state index contributed by atoms with van der Waals surface area (Å²) in [6.45, 7) is 3.52. The Kier molecular flexibility index (Phi) is 5.13. The van der Waals surface area contributed by atoms with Crippen LogP contribution in [0.4, 0.5) is 18.0 Å². The standard InChI is InChI=1S/C21H25F3N4O4/c1-12-9-20(11-25,15(12)31-7-5-21(22,23)24)13(2)28-10-14(19(3-4-19)17(28)29)16(26)27-6-8-32-18(27)30/h3-4,11,13-14,25-26H,5-10H2,1-2H3. The fourth-order valence-corrected chi connectivity index (χ4v) is 5.01. The second kappa shape index (κ2) is 7.35. The van der Waals surface area contributed by atoms with Crippen molar-refractivity contribution >= 4 is 24.1 Å². The van der Waals surface area contributed by atoms with Crippen molar-refractivity contribution in [3.63, 3.8) is 0 Å². The number of allylic oxidation sites excluding steroid dienone is 1. The minimum absolute atomic E-state index is 0.00596. The number of likely N-dealkylation sites (tertiary alicyclic amines) is 1. The zero-order chi connectivity index (χ0) is 23.5. The number of alkyl halides is 3. The molecule has 11 heteroatoms. The van der Waals surface area contributed by atoms with E-state index >= 15 is 0 Å². The average molecular weight is 454 g/mol. The Bertz CT molecular complexity index is 938. The molecule has 2 saturated heterocycles. The Hall–Kier alpha value is -2.85. The summed E-state index contributed by atoms with van der Waals surface area (Å²) in [5, 5.41) is 16.6. The molecule has 4 aliphatic rings. The summed E-state index contributed by atoms with van der Waals surface area (Å²) in [5.41, 5.74) is -1.25. The number of rotatable bonds is 7. The van der Waals surface area contributed by atoms with Gasteiger partial charge in [0.1, 0.15) is 18.2 Å². The van der Waals surface area contributed by atoms with E-state index in [-0.39, 0.29) is 31.4 Å². The molecule has 0 saturated carbocycles. The van der Waals surface area contributed by atoms with Gasteiger partial charge in [0, 0.05) is 18.8 Å². The lowest BCUT2D eigenvalue weighted by Crippen LogP contribution is -2.54. The van der Waals surface area contributed by atoms with Crippen LogP contribution in [0.2, 0.25) is 0 Å². The minimum Gasteiger partial charge on any atom is -0.497 e. The molecule has 32 heavy (non-hydrogen) atoms. The van der Waals surface area contributed by atoms with Crippen LogP contribution in [0, 0.1) is 27.6 Å². The van der Waals surface area contributed by atoms with E-state index in [2.05, 4.69) is 0 Å². The van der Waals surface area contributed by atoms with Gasteiger partial charge in [0.05, 0.1) is 36.3 Å². The molecular formula is C21H25F3N4O4. The van der Waals surface area contributed by atoms with Crippen molar-refractivity contribution in [2.75, 3.05) is 26.3 Å². The van der Waals surface area contributed by atoms with Crippen LogP contribution in [-0.4, -0.2) is 72.4 Å². The summed E-state index contributed by atoms with van der Waals surface area (Å²) >= 11 is 0. The quantitative estimate of drug-likeness (QED) is 0.350. The normalized spacial score (nSPS) is 29.3. The summed E-state index contributed by atoms with van der Waals surface area (Å²) in [5.74, 6) is -0.513. The molecule has 2 aliphatic heterocycles. The molecule has 1 spiro atoms. The predicted molar refractivity (Wildman–Crippen MR) is 107 cm³/mol. The van der Waals surface area contributed by atoms with Crippen LogP contribution < -0.4 is 0 Å². The maximum Gasteiger partial charge on any atom is 0.415 e. The SMILES string of the molecule is CC1=C(OCCC(F)(F)F)C(C=N)(C(C)N2CC(C(=N)N3CCOC3=O)C3(C=C3)C2=O)C1. The van der Waals surface area contributed by atoms with Gasteiger partial charge in [-0.1, -0.05) is 12.2 Å². The van der Waals surface area contributed by atoms with Crippen molar-refractivity contribution in [3.8, 4) is 0 Å². The lowest BCUT2D eigenvalue weighted by atomic mass is 9.65. The molecule has 3 unspecified atom stereocenters. The minimum atomic E-state index is -4.35. The van der Waals surface area contributed by atoms with Gasteiger partial charge in [0.25, 0.3) is 0 Å². The third-order valence-electron chi connectivity index (χ3n) is 6.97. The van der Waals surface area contributed by atoms with Gasteiger partial charge in [0.15, 0.2) is 0 Å². The van der Waals surface area contributed by atoms with Crippen LogP contribution in [-0.2, 0) is 14.3 Å². The number of hydrogen-bond donors (Lipinski definition) is 2. The zero-order valence-corrected chi connectivity index (χ0v) is 17.8. The second-order valence-corrected chi connectivity index (χ2v) is 8.79. The highest BCUT2D eigenvalue weighted by molar-refractivity contribution is 6.05. The van der Waals surface area contributed by atoms with E-state index in [0.717, 1.165) is 11.8 Å². The van der Waals surface area contributed by atoms with Crippen LogP contribution in [0.5, 0.6) is 0 Å². The molecule has 0 aromatic carbocycles. The summed E-state index contributed by atoms with van der Waals surface area (Å²) in [6, 6.07) is -0.570. The number of amides is 2. The number of halogens is 3. The highest BCUT2D eigenvalue weighted by Gasteiger charge is 2.63. The fourth-order valence-electron chi connectivity index (χ4n) is 5.01. The molecular weight excluding hydrogens is 429 g/mol. The van der Waals surface area contributed by atoms with E-state index in [1.807, 2.05) is 0 Å². The van der Waals surface area contributed by atoms with Gasteiger partial charge in [-0.3, -0.25) is 15.1 Å². The average Bonchev–Trinajstić information content (AvgIpc) is 3.32. The van der Waals surface area contributed by atoms with Gasteiger partial charge >= 0.3 is 12.3 Å². The van der Waals surface area contributed by atoms with Crippen LogP contribution >= 0.6 is 0 Å². The lowest BCUT2D eigenvalue weighted by Gasteiger charge is -2.48. The molecule has 2 aliphatic carbocycles. The monoisotopic (exact) mass is 454 g/mol. The second-order valence-electron chi connectivity index (χ2n) is 8.79. The number of nitrogens with one attached hydrogen (secondary N) is 2. The maximum atomic E-state index is 13.3. The Balaban J connectivity index is 1.53. The summed E-state index contributed by atoms with van der Waals surface area (Å²) in [4.78, 5) is 28.0. The fraction of sp³-hybridized carbons (Fsp3) is 0.619. The van der Waals surface area contributed by atoms with Crippen molar-refractivity contribution in [1.29, 1.82) is 10.8 Å². The third kappa shape index (κ3) is 3.29. The van der Waals surface area contributed by atoms with Crippen molar-refractivity contribution in [2.24, 2.45) is 16.7 Å². The van der Waals surface area contributed by atoms with Crippen LogP contribution in [0.1, 0.15) is 26.7 Å². The van der Waals surface area contributed by atoms with Crippen LogP contribution in [0.25, 0.3) is 0 Å². The topological polar surface area (TPSA) is 107 Å². The van der Waals surface area contributed by atoms with Crippen molar-refractivity contribution in [1.82, 2.24) is 9.80 Å². The van der Waals surface area contributed by atoms with Crippen LogP contribution in [0.15, 0.2) is 23.5 Å². The molecule has 3 atom stereocenters. The number of carbonyl (C=O) groups is 2. The van der Waals surface area contributed by atoms with Gasteiger partial charge in [-0.25, -0.2) is 4.79 Å². The number of hydrogen-bond acceptors (Lipinski definition) is 6. The number of cyclic esters (lactones) is 1. The van der Waals surface area contributed by atoms with Crippen LogP contribution in [0.3, 0.4) is 0 Å². The van der Waals surface area contributed by atoms with Crippen molar-refractivity contribution in [2.45, 2.75) is 38.9 Å². The smallest absolute Gasteiger partial charge is 0.415 e. The summed E-state index contributed by atoms with van der Waals surface area (Å²) < 4.78 is 48.1. The Morgan fingerprint density at radius 2 is 2.09 bits per heavy atom. The van der Waals surface area contributed by atoms with Crippen molar-refractivity contribution in [3.05, 3.63) is 23.5 Å². The molecule has 2 N–H and O–H groups in total. The lowest BCUT2D eigenvalue weighted by molar-refractivity contribution is -0.144. The Morgan fingerprint density at radius 3 is 2.59 bits per heavy atom. The molecule has 8 nitrogen and oxygen atoms in total. The molecule has 2 heterocycles. The van der Waals surface area contributed by atoms with E-state index in [4.69, 9.17) is 20.3 Å². The maximum absolute atomic E-state index is 13.3. The highest BCUT2D eigenvalue weighted by atomic mass is 19.4. The van der Waals surface area contributed by atoms with Gasteiger partial charge in [-0.05, 0) is 25.8 Å². The van der Waals surface area contributed by atoms with Gasteiger partial charge < -0.3 is 19.8 Å². The van der Waals surface area contributed by atoms with E-state index in [0.29, 0.717) is 12.2 Å². The molecule has 0 aromatic heterocycles. The zero-order valence-electron chi connectivity index (χ0n) is 17.8. The van der Waals surface area contributed by atoms with E-state index in [9.17, 15) is 22.8 Å². The largest absolute Gasteiger partial charge is 0.497 e. The number of ether oxygens (including phenoxy) is 2. The Morgan fingerprint density at radius 1 is 1.41 bits per heavy atom. The molecule has 2 amide bonds. The molecule has 0 radical (unpaired) electrons. The highest BCUT2D eigenvalue weighted by Crippen LogP contribution is 2.55. The predicted octanol–water partition coefficient (Wildman–Crippen LogP) is 3.10. The molecule has 0 aromatic rings. The summed E-state index contributed by atoms with van der Waals surface area (Å²) in [7, 11) is 0.